The second-order valence-electron chi connectivity index (χ2n) is 7.76. The number of alkyl halides is 3. The van der Waals surface area contributed by atoms with E-state index in [-0.39, 0.29) is 28.8 Å². The molecule has 30 heavy (non-hydrogen) atoms. The number of halogens is 4. The van der Waals surface area contributed by atoms with Crippen LogP contribution in [0.15, 0.2) is 45.6 Å². The fourth-order valence-corrected chi connectivity index (χ4v) is 4.27. The lowest BCUT2D eigenvalue weighted by Crippen LogP contribution is -2.43. The van der Waals surface area contributed by atoms with Crippen molar-refractivity contribution in [2.75, 3.05) is 7.05 Å². The number of fused-ring (bicyclic) bond motifs is 2. The maximum atomic E-state index is 14.2. The van der Waals surface area contributed by atoms with Crippen molar-refractivity contribution in [2.24, 2.45) is 15.5 Å². The summed E-state index contributed by atoms with van der Waals surface area (Å²) in [6, 6.07) is 5.09. The number of rotatable bonds is 3. The predicted octanol–water partition coefficient (Wildman–Crippen LogP) is 3.57. The quantitative estimate of drug-likeness (QED) is 0.553. The van der Waals surface area contributed by atoms with Crippen LogP contribution in [0.5, 0.6) is 0 Å². The number of benzene rings is 1. The van der Waals surface area contributed by atoms with E-state index in [4.69, 9.17) is 0 Å². The van der Waals surface area contributed by atoms with Gasteiger partial charge in [0.2, 0.25) is 5.97 Å². The minimum Gasteiger partial charge on any atom is -0.334 e. The molecule has 3 atom stereocenters. The zero-order valence-electron chi connectivity index (χ0n) is 16.2. The molecule has 0 aromatic heterocycles. The highest BCUT2D eigenvalue weighted by Crippen LogP contribution is 2.57. The second kappa shape index (κ2) is 6.75. The molecule has 1 aliphatic carbocycles. The van der Waals surface area contributed by atoms with Crippen molar-refractivity contribution < 1.29 is 27.2 Å². The zero-order valence-corrected chi connectivity index (χ0v) is 16.2. The van der Waals surface area contributed by atoms with Gasteiger partial charge in [-0.15, -0.1) is 5.10 Å². The summed E-state index contributed by atoms with van der Waals surface area (Å²) in [5.41, 5.74) is -2.12. The molecule has 0 spiro atoms. The van der Waals surface area contributed by atoms with Gasteiger partial charge >= 0.3 is 6.18 Å². The average Bonchev–Trinajstić information content (AvgIpc) is 3.23. The van der Waals surface area contributed by atoms with E-state index in [1.165, 1.54) is 30.3 Å². The van der Waals surface area contributed by atoms with Crippen LogP contribution >= 0.6 is 0 Å². The van der Waals surface area contributed by atoms with Crippen molar-refractivity contribution in [3.8, 4) is 0 Å². The van der Waals surface area contributed by atoms with E-state index < -0.39 is 42.1 Å². The second-order valence-corrected chi connectivity index (χ2v) is 7.76. The predicted molar refractivity (Wildman–Crippen MR) is 101 cm³/mol. The van der Waals surface area contributed by atoms with Crippen LogP contribution in [0, 0.1) is 5.41 Å². The first-order valence-electron chi connectivity index (χ1n) is 9.26. The van der Waals surface area contributed by atoms with E-state index in [0.717, 1.165) is 11.9 Å². The molecule has 0 bridgehead atoms. The number of carbonyl (C=O) groups is 2. The standard InChI is InChI=1S/C20H18F4N4O2/c1-19(20(22,23)24)8-14(13-9-25-16-7-15(21)26-28(16)17(13)19)27(2)18(30)12-6-4-3-5-11(12)10-29/h3-6,9-10,14,16H,7-8H2,1-2H3. The van der Waals surface area contributed by atoms with Crippen molar-refractivity contribution >= 4 is 24.4 Å². The molecule has 6 nitrogen and oxygen atoms in total. The minimum absolute atomic E-state index is 0.0913. The van der Waals surface area contributed by atoms with Gasteiger partial charge in [-0.1, -0.05) is 18.2 Å². The SMILES string of the molecule is CN(C(=O)c1ccccc1C=O)C1CC(C)(C(F)(F)F)C2=C1C=NC1CC(F)=NN21. The van der Waals surface area contributed by atoms with Gasteiger partial charge in [0.1, 0.15) is 11.6 Å². The summed E-state index contributed by atoms with van der Waals surface area (Å²) >= 11 is 0. The number of allylic oxidation sites excluding steroid dienone is 1. The topological polar surface area (TPSA) is 65.3 Å². The van der Waals surface area contributed by atoms with Crippen LogP contribution in [-0.4, -0.2) is 59.7 Å². The summed E-state index contributed by atoms with van der Waals surface area (Å²) < 4.78 is 56.2. The molecule has 1 amide bonds. The Hall–Kier alpha value is -3.04. The summed E-state index contributed by atoms with van der Waals surface area (Å²) in [5.74, 6) is -1.38. The number of likely N-dealkylation sites (N-methyl/N-ethyl adjacent to an activating group) is 1. The Bertz CT molecular complexity index is 1020. The minimum atomic E-state index is -4.66. The lowest BCUT2D eigenvalue weighted by Gasteiger charge is -2.36. The molecular formula is C20H18F4N4O2. The van der Waals surface area contributed by atoms with Crippen LogP contribution in [0.25, 0.3) is 0 Å². The molecule has 0 saturated heterocycles. The first kappa shape index (κ1) is 20.2. The van der Waals surface area contributed by atoms with E-state index in [1.54, 1.807) is 12.1 Å². The highest BCUT2D eigenvalue weighted by Gasteiger charge is 2.63. The lowest BCUT2D eigenvalue weighted by molar-refractivity contribution is -0.211. The first-order valence-corrected chi connectivity index (χ1v) is 9.26. The Morgan fingerprint density at radius 2 is 2.03 bits per heavy atom. The van der Waals surface area contributed by atoms with Gasteiger partial charge in [-0.2, -0.15) is 17.6 Å². The van der Waals surface area contributed by atoms with Gasteiger partial charge in [0.15, 0.2) is 6.29 Å². The third-order valence-corrected chi connectivity index (χ3v) is 5.95. The van der Waals surface area contributed by atoms with E-state index in [1.807, 2.05) is 0 Å². The number of hydrogen-bond acceptors (Lipinski definition) is 5. The van der Waals surface area contributed by atoms with Gasteiger partial charge in [0.05, 0.1) is 23.7 Å². The van der Waals surface area contributed by atoms with E-state index in [9.17, 15) is 27.2 Å². The number of amides is 1. The number of hydrazone groups is 1. The molecule has 3 aliphatic rings. The maximum absolute atomic E-state index is 14.2. The normalized spacial score (nSPS) is 27.7. The molecule has 2 heterocycles. The number of aldehydes is 1. The number of hydrogen-bond donors (Lipinski definition) is 0. The van der Waals surface area contributed by atoms with Gasteiger partial charge < -0.3 is 4.90 Å². The summed E-state index contributed by atoms with van der Waals surface area (Å²) in [6.45, 7) is 1.03. The molecule has 158 valence electrons. The van der Waals surface area contributed by atoms with Gasteiger partial charge in [0, 0.05) is 24.4 Å². The fraction of sp³-hybridized carbons (Fsp3) is 0.400. The van der Waals surface area contributed by atoms with E-state index in [0.29, 0.717) is 6.29 Å². The van der Waals surface area contributed by atoms with Crippen LogP contribution < -0.4 is 0 Å². The van der Waals surface area contributed by atoms with Crippen LogP contribution in [-0.2, 0) is 0 Å². The molecule has 2 aliphatic heterocycles. The van der Waals surface area contributed by atoms with Crippen LogP contribution in [0.1, 0.15) is 40.5 Å². The van der Waals surface area contributed by atoms with Crippen molar-refractivity contribution in [1.29, 1.82) is 0 Å². The molecule has 0 saturated carbocycles. The smallest absolute Gasteiger partial charge is 0.334 e. The Morgan fingerprint density at radius 1 is 1.33 bits per heavy atom. The molecule has 0 radical (unpaired) electrons. The summed E-state index contributed by atoms with van der Waals surface area (Å²) in [6.07, 6.45) is -4.36. The molecule has 1 aromatic carbocycles. The van der Waals surface area contributed by atoms with Gasteiger partial charge in [0.25, 0.3) is 5.91 Å². The molecule has 1 aromatic rings. The lowest BCUT2D eigenvalue weighted by atomic mass is 9.85. The highest BCUT2D eigenvalue weighted by atomic mass is 19.4. The van der Waals surface area contributed by atoms with E-state index in [2.05, 4.69) is 10.1 Å². The van der Waals surface area contributed by atoms with Gasteiger partial charge in [-0.05, 0) is 19.4 Å². The third-order valence-electron chi connectivity index (χ3n) is 5.95. The van der Waals surface area contributed by atoms with Crippen molar-refractivity contribution in [3.05, 3.63) is 46.7 Å². The molecule has 3 unspecified atom stereocenters. The van der Waals surface area contributed by atoms with Crippen LogP contribution in [0.2, 0.25) is 0 Å². The Labute approximate surface area is 169 Å². The number of aliphatic imine (C=N–C) groups is 1. The molecule has 0 fully saturated rings. The zero-order chi connectivity index (χ0) is 21.8. The summed E-state index contributed by atoms with van der Waals surface area (Å²) in [5, 5.41) is 4.64. The molecule has 4 rings (SSSR count). The molecular weight excluding hydrogens is 404 g/mol. The number of carbonyl (C=O) groups excluding carboxylic acids is 2. The summed E-state index contributed by atoms with van der Waals surface area (Å²) in [7, 11) is 1.38. The first-order chi connectivity index (χ1) is 14.1. The highest BCUT2D eigenvalue weighted by molar-refractivity contribution is 6.02. The Balaban J connectivity index is 1.78. The maximum Gasteiger partial charge on any atom is 0.399 e. The Morgan fingerprint density at radius 3 is 2.70 bits per heavy atom. The molecule has 10 heteroatoms. The number of nitrogens with zero attached hydrogens (tertiary/aromatic N) is 4. The molecule has 0 N–H and O–H groups in total. The fourth-order valence-electron chi connectivity index (χ4n) is 4.27. The van der Waals surface area contributed by atoms with Crippen LogP contribution in [0.3, 0.4) is 0 Å². The van der Waals surface area contributed by atoms with Crippen molar-refractivity contribution in [3.63, 3.8) is 0 Å². The van der Waals surface area contributed by atoms with Gasteiger partial charge in [-0.25, -0.2) is 5.01 Å². The van der Waals surface area contributed by atoms with Crippen LogP contribution in [0.4, 0.5) is 17.6 Å². The van der Waals surface area contributed by atoms with Gasteiger partial charge in [-0.3, -0.25) is 14.6 Å². The summed E-state index contributed by atoms with van der Waals surface area (Å²) in [4.78, 5) is 29.7. The average molecular weight is 422 g/mol. The monoisotopic (exact) mass is 422 g/mol. The largest absolute Gasteiger partial charge is 0.399 e. The third kappa shape index (κ3) is 2.85. The van der Waals surface area contributed by atoms with E-state index >= 15 is 0 Å². The Kier molecular flexibility index (Phi) is 4.55. The van der Waals surface area contributed by atoms with Crippen molar-refractivity contribution in [1.82, 2.24) is 9.91 Å². The van der Waals surface area contributed by atoms with Crippen molar-refractivity contribution in [2.45, 2.75) is 38.1 Å².